The maximum Gasteiger partial charge on any atom is 0.176 e. The topological polar surface area (TPSA) is 30.7 Å². The van der Waals surface area contributed by atoms with Crippen LogP contribution in [0, 0.1) is 5.13 Å². The first-order valence-electron chi connectivity index (χ1n) is 7.38. The molecule has 0 aliphatic carbocycles. The molecule has 116 valence electrons. The number of nitrogens with zero attached hydrogens (tertiary/aromatic N) is 3. The molecule has 3 nitrogen and oxygen atoms in total. The van der Waals surface area contributed by atoms with Gasteiger partial charge >= 0.3 is 0 Å². The average Bonchev–Trinajstić information content (AvgIpc) is 2.95. The first-order valence-corrected chi connectivity index (χ1v) is 8.19. The Morgan fingerprint density at radius 3 is 2.19 bits per heavy atom. The molecule has 0 amide bonds. The van der Waals surface area contributed by atoms with Crippen LogP contribution in [-0.2, 0) is 17.4 Å². The van der Waals surface area contributed by atoms with Crippen molar-refractivity contribution in [3.63, 3.8) is 0 Å². The maximum absolute atomic E-state index is 13.4. The molecule has 0 aliphatic rings. The Morgan fingerprint density at radius 1 is 1.10 bits per heavy atom. The predicted molar refractivity (Wildman–Crippen MR) is 85.4 cm³/mol. The van der Waals surface area contributed by atoms with Gasteiger partial charge in [-0.2, -0.15) is 4.39 Å². The summed E-state index contributed by atoms with van der Waals surface area (Å²) in [4.78, 5) is 0.977. The van der Waals surface area contributed by atoms with Crippen LogP contribution >= 0.6 is 11.3 Å². The lowest BCUT2D eigenvalue weighted by Gasteiger charge is -2.26. The number of halogens is 1. The molecular formula is C16H24FN3S. The van der Waals surface area contributed by atoms with Crippen molar-refractivity contribution in [2.45, 2.75) is 65.3 Å². The molecule has 0 fully saturated rings. The minimum Gasteiger partial charge on any atom is -0.314 e. The Labute approximate surface area is 130 Å². The van der Waals surface area contributed by atoms with E-state index < -0.39 is 0 Å². The van der Waals surface area contributed by atoms with Gasteiger partial charge in [0.25, 0.3) is 0 Å². The van der Waals surface area contributed by atoms with E-state index in [-0.39, 0.29) is 16.0 Å². The van der Waals surface area contributed by atoms with E-state index in [9.17, 15) is 4.39 Å². The Morgan fingerprint density at radius 2 is 1.71 bits per heavy atom. The quantitative estimate of drug-likeness (QED) is 0.832. The predicted octanol–water partition coefficient (Wildman–Crippen LogP) is 4.51. The molecule has 2 aromatic heterocycles. The van der Waals surface area contributed by atoms with Gasteiger partial charge < -0.3 is 4.57 Å². The summed E-state index contributed by atoms with van der Waals surface area (Å²) in [6, 6.07) is 3.37. The Kier molecular flexibility index (Phi) is 4.24. The third kappa shape index (κ3) is 3.03. The van der Waals surface area contributed by atoms with Gasteiger partial charge in [0.2, 0.25) is 0 Å². The van der Waals surface area contributed by atoms with Gasteiger partial charge in [0.1, 0.15) is 11.6 Å². The zero-order chi connectivity index (χ0) is 15.8. The summed E-state index contributed by atoms with van der Waals surface area (Å²) < 4.78 is 15.6. The molecule has 0 spiro atoms. The van der Waals surface area contributed by atoms with Gasteiger partial charge in [-0.15, -0.1) is 21.5 Å². The molecule has 2 heterocycles. The summed E-state index contributed by atoms with van der Waals surface area (Å²) >= 11 is 1.19. The highest BCUT2D eigenvalue weighted by molar-refractivity contribution is 7.10. The summed E-state index contributed by atoms with van der Waals surface area (Å²) in [7, 11) is 0. The van der Waals surface area contributed by atoms with Crippen molar-refractivity contribution < 1.29 is 4.39 Å². The Hall–Kier alpha value is -1.23. The van der Waals surface area contributed by atoms with Crippen molar-refractivity contribution >= 4 is 11.3 Å². The molecule has 0 saturated heterocycles. The van der Waals surface area contributed by atoms with Gasteiger partial charge in [-0.1, -0.05) is 27.7 Å². The van der Waals surface area contributed by atoms with Gasteiger partial charge in [-0.05, 0) is 32.4 Å². The van der Waals surface area contributed by atoms with Crippen LogP contribution < -0.4 is 0 Å². The summed E-state index contributed by atoms with van der Waals surface area (Å²) in [6.07, 6.45) is 1.02. The number of rotatable bonds is 4. The second-order valence-electron chi connectivity index (χ2n) is 6.98. The van der Waals surface area contributed by atoms with E-state index in [0.29, 0.717) is 0 Å². The van der Waals surface area contributed by atoms with Gasteiger partial charge in [0.05, 0.1) is 5.41 Å². The maximum atomic E-state index is 13.4. The first-order chi connectivity index (χ1) is 9.67. The van der Waals surface area contributed by atoms with Crippen LogP contribution in [0.25, 0.3) is 0 Å². The number of aromatic nitrogens is 3. The minimum absolute atomic E-state index is 0.0583. The number of hydrogen-bond donors (Lipinski definition) is 0. The van der Waals surface area contributed by atoms with E-state index in [0.717, 1.165) is 29.5 Å². The molecule has 0 radical (unpaired) electrons. The third-order valence-corrected chi connectivity index (χ3v) is 4.81. The molecule has 21 heavy (non-hydrogen) atoms. The highest BCUT2D eigenvalue weighted by atomic mass is 32.1. The molecule has 2 aromatic rings. The van der Waals surface area contributed by atoms with Crippen LogP contribution in [-0.4, -0.2) is 14.8 Å². The first kappa shape index (κ1) is 16.1. The summed E-state index contributed by atoms with van der Waals surface area (Å²) in [5.41, 5.74) is -0.405. The van der Waals surface area contributed by atoms with Gasteiger partial charge in [-0.3, -0.25) is 0 Å². The van der Waals surface area contributed by atoms with Crippen LogP contribution in [0.3, 0.4) is 0 Å². The lowest BCUT2D eigenvalue weighted by Crippen LogP contribution is -2.26. The standard InChI is InChI=1S/C16H24FN3S/c1-7-10-20-13(15(2,3)4)18-19-14(20)16(5,6)11-8-9-12(17)21-11/h8-9H,7,10H2,1-6H3. The average molecular weight is 309 g/mol. The van der Waals surface area contributed by atoms with E-state index >= 15 is 0 Å². The van der Waals surface area contributed by atoms with E-state index in [4.69, 9.17) is 0 Å². The zero-order valence-corrected chi connectivity index (χ0v) is 14.5. The van der Waals surface area contributed by atoms with Crippen molar-refractivity contribution in [3.8, 4) is 0 Å². The van der Waals surface area contributed by atoms with E-state index in [2.05, 4.69) is 56.3 Å². The van der Waals surface area contributed by atoms with Crippen LogP contribution in [0.5, 0.6) is 0 Å². The lowest BCUT2D eigenvalue weighted by molar-refractivity contribution is 0.467. The molecule has 0 unspecified atom stereocenters. The van der Waals surface area contributed by atoms with Gasteiger partial charge in [0, 0.05) is 16.8 Å². The van der Waals surface area contributed by atoms with Gasteiger partial charge in [-0.25, -0.2) is 0 Å². The van der Waals surface area contributed by atoms with Crippen molar-refractivity contribution in [1.82, 2.24) is 14.8 Å². The van der Waals surface area contributed by atoms with E-state index in [1.54, 1.807) is 0 Å². The van der Waals surface area contributed by atoms with Crippen LogP contribution in [0.15, 0.2) is 12.1 Å². The fourth-order valence-electron chi connectivity index (χ4n) is 2.52. The summed E-state index contributed by atoms with van der Waals surface area (Å²) in [5, 5.41) is 8.73. The molecule has 0 aliphatic heterocycles. The van der Waals surface area contributed by atoms with Crippen molar-refractivity contribution in [2.75, 3.05) is 0 Å². The largest absolute Gasteiger partial charge is 0.314 e. The SMILES string of the molecule is CCCn1c(C(C)(C)C)nnc1C(C)(C)c1ccc(F)s1. The van der Waals surface area contributed by atoms with Crippen LogP contribution in [0.1, 0.15) is 64.5 Å². The Balaban J connectivity index is 2.55. The molecule has 5 heteroatoms. The van der Waals surface area contributed by atoms with Crippen LogP contribution in [0.4, 0.5) is 4.39 Å². The van der Waals surface area contributed by atoms with E-state index in [1.165, 1.54) is 17.4 Å². The summed E-state index contributed by atoms with van der Waals surface area (Å²) in [5.74, 6) is 1.90. The third-order valence-electron chi connectivity index (χ3n) is 3.62. The monoisotopic (exact) mass is 309 g/mol. The smallest absolute Gasteiger partial charge is 0.176 e. The second-order valence-corrected chi connectivity index (χ2v) is 8.01. The fraction of sp³-hybridized carbons (Fsp3) is 0.625. The molecule has 0 atom stereocenters. The fourth-order valence-corrected chi connectivity index (χ4v) is 3.34. The minimum atomic E-state index is -0.347. The number of hydrogen-bond acceptors (Lipinski definition) is 3. The Bertz CT molecular complexity index is 620. The normalized spacial score (nSPS) is 12.9. The highest BCUT2D eigenvalue weighted by Gasteiger charge is 2.34. The lowest BCUT2D eigenvalue weighted by atomic mass is 9.89. The van der Waals surface area contributed by atoms with Crippen molar-refractivity contribution in [1.29, 1.82) is 0 Å². The molecular weight excluding hydrogens is 285 g/mol. The second kappa shape index (κ2) is 5.52. The summed E-state index contributed by atoms with van der Waals surface area (Å²) in [6.45, 7) is 13.6. The molecule has 0 N–H and O–H groups in total. The molecule has 0 aromatic carbocycles. The molecule has 0 bridgehead atoms. The van der Waals surface area contributed by atoms with Gasteiger partial charge in [0.15, 0.2) is 5.13 Å². The molecule has 2 rings (SSSR count). The van der Waals surface area contributed by atoms with Crippen LogP contribution in [0.2, 0.25) is 0 Å². The van der Waals surface area contributed by atoms with Crippen molar-refractivity contribution in [2.24, 2.45) is 0 Å². The molecule has 0 saturated carbocycles. The zero-order valence-electron chi connectivity index (χ0n) is 13.7. The van der Waals surface area contributed by atoms with E-state index in [1.807, 2.05) is 6.07 Å². The highest BCUT2D eigenvalue weighted by Crippen LogP contribution is 2.36. The van der Waals surface area contributed by atoms with Crippen molar-refractivity contribution in [3.05, 3.63) is 33.8 Å². The number of thiophene rings is 1.